The van der Waals surface area contributed by atoms with Crippen molar-refractivity contribution in [2.24, 2.45) is 11.8 Å². The van der Waals surface area contributed by atoms with Gasteiger partial charge in [0, 0.05) is 17.3 Å². The second kappa shape index (κ2) is 4.36. The van der Waals surface area contributed by atoms with E-state index in [4.69, 9.17) is 22.8 Å². The zero-order valence-corrected chi connectivity index (χ0v) is 13.4. The molecule has 0 saturated heterocycles. The van der Waals surface area contributed by atoms with Crippen molar-refractivity contribution >= 4 is 35.4 Å². The van der Waals surface area contributed by atoms with Crippen LogP contribution < -0.4 is 5.30 Å². The molecule has 19 heavy (non-hydrogen) atoms. The number of benzene rings is 1. The second-order valence-corrected chi connectivity index (χ2v) is 10.8. The molecule has 4 aliphatic carbocycles. The molecule has 0 aromatic heterocycles. The highest BCUT2D eigenvalue weighted by atomic mass is 35.7. The van der Waals surface area contributed by atoms with Crippen LogP contribution in [0.4, 0.5) is 0 Å². The van der Waals surface area contributed by atoms with Gasteiger partial charge in [-0.05, 0) is 55.7 Å². The van der Waals surface area contributed by atoms with E-state index in [0.29, 0.717) is 5.16 Å². The predicted molar refractivity (Wildman–Crippen MR) is 84.8 cm³/mol. The Morgan fingerprint density at radius 2 is 1.63 bits per heavy atom. The fraction of sp³-hybridized carbons (Fsp3) is 0.625. The first-order valence-electron chi connectivity index (χ1n) is 7.29. The number of rotatable bonds is 2. The third-order valence-corrected chi connectivity index (χ3v) is 9.57. The summed E-state index contributed by atoms with van der Waals surface area (Å²) in [4.78, 5) is 0.0777. The summed E-state index contributed by atoms with van der Waals surface area (Å²) in [7, 11) is -0.594. The lowest BCUT2D eigenvalue weighted by Crippen LogP contribution is -2.56. The van der Waals surface area contributed by atoms with E-state index in [0.717, 1.165) is 18.3 Å². The van der Waals surface area contributed by atoms with Crippen LogP contribution in [-0.4, -0.2) is 10.0 Å². The van der Waals surface area contributed by atoms with Crippen LogP contribution in [0.25, 0.3) is 0 Å². The first-order chi connectivity index (χ1) is 9.09. The highest BCUT2D eigenvalue weighted by molar-refractivity contribution is 7.91. The van der Waals surface area contributed by atoms with Gasteiger partial charge in [-0.1, -0.05) is 41.6 Å². The molecule has 4 bridgehead atoms. The minimum absolute atomic E-state index is 0.0777. The third-order valence-electron chi connectivity index (χ3n) is 5.36. The molecule has 3 unspecified atom stereocenters. The van der Waals surface area contributed by atoms with Crippen molar-refractivity contribution in [3.05, 3.63) is 30.3 Å². The molecular formula is C16H19Cl2P. The van der Waals surface area contributed by atoms with Gasteiger partial charge in [-0.3, -0.25) is 0 Å². The summed E-state index contributed by atoms with van der Waals surface area (Å²) in [6.07, 6.45) is 7.68. The van der Waals surface area contributed by atoms with Crippen LogP contribution in [0, 0.1) is 11.8 Å². The number of hydrogen-bond acceptors (Lipinski definition) is 0. The molecule has 0 N–H and O–H groups in total. The summed E-state index contributed by atoms with van der Waals surface area (Å²) in [5.41, 5.74) is 0. The second-order valence-electron chi connectivity index (χ2n) is 6.95. The largest absolute Gasteiger partial charge is 0.119 e. The van der Waals surface area contributed by atoms with E-state index < -0.39 is 7.27 Å². The van der Waals surface area contributed by atoms with Gasteiger partial charge in [0.1, 0.15) is 0 Å². The van der Waals surface area contributed by atoms with Crippen LogP contribution in [0.2, 0.25) is 0 Å². The molecule has 5 rings (SSSR count). The quantitative estimate of drug-likeness (QED) is 0.515. The van der Waals surface area contributed by atoms with E-state index in [1.807, 2.05) is 0 Å². The van der Waals surface area contributed by atoms with Crippen LogP contribution in [0.3, 0.4) is 0 Å². The number of halogens is 2. The van der Waals surface area contributed by atoms with Gasteiger partial charge in [0.2, 0.25) is 0 Å². The molecule has 4 fully saturated rings. The van der Waals surface area contributed by atoms with Gasteiger partial charge in [-0.15, -0.1) is 11.6 Å². The molecule has 0 nitrogen and oxygen atoms in total. The molecule has 102 valence electrons. The van der Waals surface area contributed by atoms with Gasteiger partial charge in [0.25, 0.3) is 0 Å². The van der Waals surface area contributed by atoms with Gasteiger partial charge in [-0.25, -0.2) is 0 Å². The molecule has 0 amide bonds. The first kappa shape index (κ1) is 12.9. The van der Waals surface area contributed by atoms with E-state index in [9.17, 15) is 0 Å². The van der Waals surface area contributed by atoms with E-state index in [-0.39, 0.29) is 4.87 Å². The fourth-order valence-electron chi connectivity index (χ4n) is 5.17. The summed E-state index contributed by atoms with van der Waals surface area (Å²) in [6.45, 7) is 0. The van der Waals surface area contributed by atoms with Crippen molar-refractivity contribution in [1.82, 2.24) is 0 Å². The van der Waals surface area contributed by atoms with Crippen molar-refractivity contribution in [2.75, 3.05) is 0 Å². The Labute approximate surface area is 126 Å². The van der Waals surface area contributed by atoms with Crippen molar-refractivity contribution < 1.29 is 0 Å². The lowest BCUT2D eigenvalue weighted by Gasteiger charge is -2.61. The maximum absolute atomic E-state index is 7.00. The summed E-state index contributed by atoms with van der Waals surface area (Å²) >= 11 is 13.9. The van der Waals surface area contributed by atoms with E-state index in [2.05, 4.69) is 30.3 Å². The summed E-state index contributed by atoms with van der Waals surface area (Å²) in [5.74, 6) is 1.68. The standard InChI is InChI=1S/C16H19Cl2P/c17-15-7-12-6-13(8-15)10-16(9-12,11-15)19(18)14-4-2-1-3-5-14/h1-5,12-13H,6-11H2. The molecule has 0 heterocycles. The van der Waals surface area contributed by atoms with Gasteiger partial charge < -0.3 is 0 Å². The highest BCUT2D eigenvalue weighted by Crippen LogP contribution is 2.72. The third kappa shape index (κ3) is 2.06. The molecule has 3 heteroatoms. The van der Waals surface area contributed by atoms with Crippen LogP contribution in [0.1, 0.15) is 38.5 Å². The smallest absolute Gasteiger partial charge is 0.0461 e. The first-order valence-corrected chi connectivity index (χ1v) is 9.91. The van der Waals surface area contributed by atoms with Crippen molar-refractivity contribution in [1.29, 1.82) is 0 Å². The lowest BCUT2D eigenvalue weighted by molar-refractivity contribution is 0.0523. The van der Waals surface area contributed by atoms with Gasteiger partial charge in [-0.2, -0.15) is 0 Å². The van der Waals surface area contributed by atoms with Crippen LogP contribution in [-0.2, 0) is 0 Å². The van der Waals surface area contributed by atoms with Gasteiger partial charge in [0.15, 0.2) is 0 Å². The zero-order chi connectivity index (χ0) is 13.1. The predicted octanol–water partition coefficient (Wildman–Crippen LogP) is 5.28. The zero-order valence-electron chi connectivity index (χ0n) is 11.0. The Morgan fingerprint density at radius 3 is 2.21 bits per heavy atom. The molecule has 3 atom stereocenters. The summed E-state index contributed by atoms with van der Waals surface area (Å²) in [6, 6.07) is 10.7. The monoisotopic (exact) mass is 312 g/mol. The molecule has 0 spiro atoms. The Morgan fingerprint density at radius 1 is 1.00 bits per heavy atom. The molecular weight excluding hydrogens is 294 g/mol. The van der Waals surface area contributed by atoms with Gasteiger partial charge >= 0.3 is 0 Å². The Hall–Kier alpha value is 0.230. The fourth-order valence-corrected chi connectivity index (χ4v) is 9.14. The normalized spacial score (nSPS) is 45.4. The Kier molecular flexibility index (Phi) is 2.97. The molecule has 4 aliphatic rings. The molecule has 0 aliphatic heterocycles. The van der Waals surface area contributed by atoms with Crippen molar-refractivity contribution in [2.45, 2.75) is 48.6 Å². The molecule has 4 saturated carbocycles. The van der Waals surface area contributed by atoms with E-state index >= 15 is 0 Å². The molecule has 1 aromatic carbocycles. The van der Waals surface area contributed by atoms with Crippen LogP contribution >= 0.6 is 30.1 Å². The minimum atomic E-state index is -0.594. The Balaban J connectivity index is 1.70. The molecule has 0 radical (unpaired) electrons. The summed E-state index contributed by atoms with van der Waals surface area (Å²) < 4.78 is 0. The number of hydrogen-bond donors (Lipinski definition) is 0. The van der Waals surface area contributed by atoms with E-state index in [1.165, 1.54) is 37.4 Å². The minimum Gasteiger partial charge on any atom is -0.119 e. The van der Waals surface area contributed by atoms with E-state index in [1.54, 1.807) is 0 Å². The maximum atomic E-state index is 7.00. The maximum Gasteiger partial charge on any atom is 0.0461 e. The highest BCUT2D eigenvalue weighted by Gasteiger charge is 2.59. The SMILES string of the molecule is ClP(c1ccccc1)C12CC3CC(CC(Cl)(C3)C1)C2. The van der Waals surface area contributed by atoms with Gasteiger partial charge in [0.05, 0.1) is 0 Å². The van der Waals surface area contributed by atoms with Crippen molar-refractivity contribution in [3.63, 3.8) is 0 Å². The van der Waals surface area contributed by atoms with Crippen molar-refractivity contribution in [3.8, 4) is 0 Å². The summed E-state index contributed by atoms with van der Waals surface area (Å²) in [5, 5.41) is 1.67. The Bertz CT molecular complexity index is 473. The lowest BCUT2D eigenvalue weighted by atomic mass is 9.55. The van der Waals surface area contributed by atoms with Crippen LogP contribution in [0.15, 0.2) is 30.3 Å². The number of alkyl halides is 1. The average molecular weight is 313 g/mol. The topological polar surface area (TPSA) is 0 Å². The molecule has 1 aromatic rings. The average Bonchev–Trinajstić information content (AvgIpc) is 2.36. The van der Waals surface area contributed by atoms with Crippen LogP contribution in [0.5, 0.6) is 0 Å².